The highest BCUT2D eigenvalue weighted by atomic mass is 127. The second-order valence-electron chi connectivity index (χ2n) is 8.02. The van der Waals surface area contributed by atoms with Crippen molar-refractivity contribution in [3.8, 4) is 0 Å². The van der Waals surface area contributed by atoms with Crippen LogP contribution in [0.1, 0.15) is 41.6 Å². The monoisotopic (exact) mass is 541 g/mol. The summed E-state index contributed by atoms with van der Waals surface area (Å²) in [5, 5.41) is 7.07. The van der Waals surface area contributed by atoms with Crippen molar-refractivity contribution in [2.45, 2.75) is 46.2 Å². The van der Waals surface area contributed by atoms with Crippen molar-refractivity contribution in [1.29, 1.82) is 0 Å². The number of halogens is 1. The van der Waals surface area contributed by atoms with Gasteiger partial charge in [-0.2, -0.15) is 0 Å². The molecule has 166 valence electrons. The number of likely N-dealkylation sites (tertiary alicyclic amines) is 1. The molecule has 1 aromatic carbocycles. The highest BCUT2D eigenvalue weighted by Crippen LogP contribution is 2.20. The number of benzene rings is 1. The first-order chi connectivity index (χ1) is 14.1. The van der Waals surface area contributed by atoms with Gasteiger partial charge in [-0.15, -0.1) is 35.3 Å². The molecule has 2 aromatic rings. The standard InChI is InChI=1S/C23H35N5S.HI/c1-5-22-26-21(17-29-22)16-28-12-10-19(11-13-28)14-25-23(24-3)27(4)15-20-9-7-6-8-18(20)2;/h6-9,17,19H,5,10-16H2,1-4H3,(H,24,25);1H. The Morgan fingerprint density at radius 2 is 2.03 bits per heavy atom. The van der Waals surface area contributed by atoms with Crippen LogP contribution < -0.4 is 5.32 Å². The number of guanidine groups is 1. The molecule has 1 aliphatic heterocycles. The first-order valence-corrected chi connectivity index (χ1v) is 11.6. The molecule has 0 bridgehead atoms. The zero-order valence-electron chi connectivity index (χ0n) is 18.7. The smallest absolute Gasteiger partial charge is 0.193 e. The molecule has 1 aliphatic rings. The number of nitrogens with one attached hydrogen (secondary N) is 1. The maximum absolute atomic E-state index is 4.72. The Hall–Kier alpha value is -1.19. The molecule has 7 heteroatoms. The van der Waals surface area contributed by atoms with Crippen molar-refractivity contribution in [2.24, 2.45) is 10.9 Å². The van der Waals surface area contributed by atoms with Crippen LogP contribution >= 0.6 is 35.3 Å². The van der Waals surface area contributed by atoms with E-state index in [2.05, 4.69) is 70.6 Å². The number of aliphatic imine (C=N–C) groups is 1. The third-order valence-corrected chi connectivity index (χ3v) is 6.83. The number of thiazole rings is 1. The normalized spacial score (nSPS) is 15.7. The predicted molar refractivity (Wildman–Crippen MR) is 139 cm³/mol. The molecule has 1 aromatic heterocycles. The lowest BCUT2D eigenvalue weighted by molar-refractivity contribution is 0.176. The van der Waals surface area contributed by atoms with Gasteiger partial charge in [0.25, 0.3) is 0 Å². The molecule has 0 spiro atoms. The van der Waals surface area contributed by atoms with E-state index < -0.39 is 0 Å². The van der Waals surface area contributed by atoms with Crippen molar-refractivity contribution >= 4 is 41.3 Å². The van der Waals surface area contributed by atoms with E-state index in [-0.39, 0.29) is 24.0 Å². The second kappa shape index (κ2) is 12.6. The Morgan fingerprint density at radius 3 is 2.67 bits per heavy atom. The van der Waals surface area contributed by atoms with Gasteiger partial charge < -0.3 is 10.2 Å². The Kier molecular flexibility index (Phi) is 10.5. The van der Waals surface area contributed by atoms with Crippen LogP contribution in [0.15, 0.2) is 34.6 Å². The average molecular weight is 542 g/mol. The predicted octanol–water partition coefficient (Wildman–Crippen LogP) is 4.55. The topological polar surface area (TPSA) is 43.8 Å². The Labute approximate surface area is 203 Å². The molecule has 5 nitrogen and oxygen atoms in total. The van der Waals surface area contributed by atoms with Gasteiger partial charge in [0.1, 0.15) is 0 Å². The molecule has 0 unspecified atom stereocenters. The van der Waals surface area contributed by atoms with E-state index in [9.17, 15) is 0 Å². The maximum atomic E-state index is 4.72. The summed E-state index contributed by atoms with van der Waals surface area (Å²) in [7, 11) is 3.99. The van der Waals surface area contributed by atoms with E-state index in [1.807, 2.05) is 7.05 Å². The molecule has 0 radical (unpaired) electrons. The zero-order chi connectivity index (χ0) is 20.6. The van der Waals surface area contributed by atoms with Gasteiger partial charge >= 0.3 is 0 Å². The minimum absolute atomic E-state index is 0. The summed E-state index contributed by atoms with van der Waals surface area (Å²) in [5.41, 5.74) is 3.91. The lowest BCUT2D eigenvalue weighted by Crippen LogP contribution is -2.43. The largest absolute Gasteiger partial charge is 0.356 e. The van der Waals surface area contributed by atoms with Gasteiger partial charge in [0.2, 0.25) is 0 Å². The first-order valence-electron chi connectivity index (χ1n) is 10.7. The van der Waals surface area contributed by atoms with Gasteiger partial charge in [-0.05, 0) is 56.3 Å². The van der Waals surface area contributed by atoms with Crippen molar-refractivity contribution in [3.05, 3.63) is 51.5 Å². The summed E-state index contributed by atoms with van der Waals surface area (Å²) in [4.78, 5) is 14.0. The Balaban J connectivity index is 0.00000320. The van der Waals surface area contributed by atoms with E-state index in [1.165, 1.54) is 34.7 Å². The first kappa shape index (κ1) is 25.1. The van der Waals surface area contributed by atoms with E-state index in [0.717, 1.165) is 45.1 Å². The van der Waals surface area contributed by atoms with Gasteiger partial charge in [0.15, 0.2) is 5.96 Å². The van der Waals surface area contributed by atoms with Gasteiger partial charge in [-0.3, -0.25) is 9.89 Å². The van der Waals surface area contributed by atoms with Crippen LogP contribution in [0, 0.1) is 12.8 Å². The van der Waals surface area contributed by atoms with Crippen molar-refractivity contribution in [1.82, 2.24) is 20.1 Å². The average Bonchev–Trinajstić information content (AvgIpc) is 3.19. The SMILES string of the molecule is CCc1nc(CN2CCC(CNC(=NC)N(C)Cc3ccccc3C)CC2)cs1.I. The van der Waals surface area contributed by atoms with Gasteiger partial charge in [0.05, 0.1) is 10.7 Å². The van der Waals surface area contributed by atoms with E-state index in [4.69, 9.17) is 4.98 Å². The molecule has 0 aliphatic carbocycles. The van der Waals surface area contributed by atoms with Crippen molar-refractivity contribution < 1.29 is 0 Å². The number of hydrogen-bond acceptors (Lipinski definition) is 4. The summed E-state index contributed by atoms with van der Waals surface area (Å²) in [6.45, 7) is 9.52. The molecular weight excluding hydrogens is 505 g/mol. The van der Waals surface area contributed by atoms with Crippen molar-refractivity contribution in [2.75, 3.05) is 33.7 Å². The summed E-state index contributed by atoms with van der Waals surface area (Å²) < 4.78 is 0. The molecule has 2 heterocycles. The molecule has 0 amide bonds. The third kappa shape index (κ3) is 7.20. The number of rotatable bonds is 7. The van der Waals surface area contributed by atoms with Crippen LogP contribution in [0.4, 0.5) is 0 Å². The molecular formula is C23H36IN5S. The number of nitrogens with zero attached hydrogens (tertiary/aromatic N) is 4. The van der Waals surface area contributed by atoms with Crippen LogP contribution in [0.2, 0.25) is 0 Å². The highest BCUT2D eigenvalue weighted by Gasteiger charge is 2.20. The molecule has 1 fully saturated rings. The minimum atomic E-state index is 0. The lowest BCUT2D eigenvalue weighted by atomic mass is 9.97. The number of piperidine rings is 1. The molecule has 1 N–H and O–H groups in total. The Morgan fingerprint density at radius 1 is 1.30 bits per heavy atom. The van der Waals surface area contributed by atoms with E-state index in [1.54, 1.807) is 11.3 Å². The molecule has 3 rings (SSSR count). The fourth-order valence-corrected chi connectivity index (χ4v) is 4.64. The lowest BCUT2D eigenvalue weighted by Gasteiger charge is -2.32. The molecule has 0 atom stereocenters. The summed E-state index contributed by atoms with van der Waals surface area (Å²) >= 11 is 1.79. The zero-order valence-corrected chi connectivity index (χ0v) is 21.9. The molecule has 30 heavy (non-hydrogen) atoms. The van der Waals surface area contributed by atoms with E-state index >= 15 is 0 Å². The maximum Gasteiger partial charge on any atom is 0.193 e. The van der Waals surface area contributed by atoms with Crippen LogP contribution in [0.25, 0.3) is 0 Å². The van der Waals surface area contributed by atoms with Crippen LogP contribution in [-0.4, -0.2) is 54.5 Å². The van der Waals surface area contributed by atoms with Gasteiger partial charge in [0, 0.05) is 39.1 Å². The van der Waals surface area contributed by atoms with Crippen LogP contribution in [0.5, 0.6) is 0 Å². The highest BCUT2D eigenvalue weighted by molar-refractivity contribution is 14.0. The van der Waals surface area contributed by atoms with Crippen LogP contribution in [-0.2, 0) is 19.5 Å². The molecule has 0 saturated carbocycles. The van der Waals surface area contributed by atoms with Crippen molar-refractivity contribution in [3.63, 3.8) is 0 Å². The fraction of sp³-hybridized carbons (Fsp3) is 0.565. The second-order valence-corrected chi connectivity index (χ2v) is 8.96. The summed E-state index contributed by atoms with van der Waals surface area (Å²) in [5.74, 6) is 1.68. The Bertz CT molecular complexity index is 798. The van der Waals surface area contributed by atoms with Crippen LogP contribution in [0.3, 0.4) is 0 Å². The van der Waals surface area contributed by atoms with Gasteiger partial charge in [-0.25, -0.2) is 4.98 Å². The third-order valence-electron chi connectivity index (χ3n) is 5.79. The fourth-order valence-electron chi connectivity index (χ4n) is 3.90. The molecule has 1 saturated heterocycles. The number of hydrogen-bond donors (Lipinski definition) is 1. The summed E-state index contributed by atoms with van der Waals surface area (Å²) in [6, 6.07) is 8.56. The summed E-state index contributed by atoms with van der Waals surface area (Å²) in [6.07, 6.45) is 3.50. The quantitative estimate of drug-likeness (QED) is 0.318. The minimum Gasteiger partial charge on any atom is -0.356 e. The number of aryl methyl sites for hydroxylation is 2. The van der Waals surface area contributed by atoms with Gasteiger partial charge in [-0.1, -0.05) is 31.2 Å². The number of aromatic nitrogens is 1. The van der Waals surface area contributed by atoms with E-state index in [0.29, 0.717) is 5.92 Å².